The number of carbonyl (C=O) groups excluding carboxylic acids is 2. The number of alkyl halides is 3. The third-order valence-corrected chi connectivity index (χ3v) is 5.16. The Balaban J connectivity index is 2.26. The van der Waals surface area contributed by atoms with Gasteiger partial charge in [-0.3, -0.25) is 9.59 Å². The van der Waals surface area contributed by atoms with E-state index in [0.717, 1.165) is 12.1 Å². The molecule has 0 bridgehead atoms. The fourth-order valence-electron chi connectivity index (χ4n) is 3.57. The van der Waals surface area contributed by atoms with Crippen molar-refractivity contribution in [2.45, 2.75) is 77.6 Å². The zero-order valence-corrected chi connectivity index (χ0v) is 21.8. The van der Waals surface area contributed by atoms with E-state index in [2.05, 4.69) is 15.3 Å². The number of anilines is 2. The predicted octanol–water partition coefficient (Wildman–Crippen LogP) is 4.84. The van der Waals surface area contributed by atoms with Crippen LogP contribution < -0.4 is 15.8 Å². The number of nitriles is 1. The lowest BCUT2D eigenvalue weighted by Gasteiger charge is -2.21. The normalized spacial score (nSPS) is 12.4. The van der Waals surface area contributed by atoms with Gasteiger partial charge in [-0.05, 0) is 52.2 Å². The number of nitrogens with two attached hydrogens (primary N) is 1. The molecule has 38 heavy (non-hydrogen) atoms. The highest BCUT2D eigenvalue weighted by Crippen LogP contribution is 2.30. The lowest BCUT2D eigenvalue weighted by Crippen LogP contribution is -2.32. The van der Waals surface area contributed by atoms with E-state index in [9.17, 15) is 28.0 Å². The van der Waals surface area contributed by atoms with E-state index in [-0.39, 0.29) is 60.6 Å². The van der Waals surface area contributed by atoms with E-state index in [0.29, 0.717) is 12.8 Å². The Morgan fingerprint density at radius 3 is 2.50 bits per heavy atom. The first-order valence-corrected chi connectivity index (χ1v) is 12.1. The van der Waals surface area contributed by atoms with E-state index in [1.807, 2.05) is 6.07 Å². The second kappa shape index (κ2) is 13.1. The SMILES string of the molecule is CCOc1nc(N)nc(N[C@@H](CCCCC(=O)OC(C)(C)C)C(=O)Cc2cccc(C(F)(F)F)c2)c1C#N. The molecule has 2 aromatic rings. The monoisotopic (exact) mass is 535 g/mol. The van der Waals surface area contributed by atoms with E-state index < -0.39 is 29.2 Å². The summed E-state index contributed by atoms with van der Waals surface area (Å²) in [6.07, 6.45) is -3.69. The van der Waals surface area contributed by atoms with Crippen LogP contribution in [0.5, 0.6) is 5.88 Å². The fourth-order valence-corrected chi connectivity index (χ4v) is 3.57. The smallest absolute Gasteiger partial charge is 0.416 e. The van der Waals surface area contributed by atoms with Gasteiger partial charge >= 0.3 is 12.1 Å². The number of nitrogens with one attached hydrogen (secondary N) is 1. The van der Waals surface area contributed by atoms with E-state index in [4.69, 9.17) is 15.2 Å². The van der Waals surface area contributed by atoms with Crippen LogP contribution in [-0.4, -0.2) is 40.0 Å². The number of nitrogen functional groups attached to an aromatic ring is 1. The maximum Gasteiger partial charge on any atom is 0.416 e. The Hall–Kier alpha value is -3.88. The van der Waals surface area contributed by atoms with Gasteiger partial charge in [0.1, 0.15) is 11.7 Å². The number of ketones is 1. The van der Waals surface area contributed by atoms with Gasteiger partial charge in [0, 0.05) is 12.8 Å². The molecule has 0 radical (unpaired) electrons. The molecule has 0 aliphatic carbocycles. The topological polar surface area (TPSA) is 140 Å². The molecule has 0 saturated carbocycles. The summed E-state index contributed by atoms with van der Waals surface area (Å²) in [6.45, 7) is 7.17. The molecule has 1 aromatic heterocycles. The summed E-state index contributed by atoms with van der Waals surface area (Å²) >= 11 is 0. The molecule has 3 N–H and O–H groups in total. The molecule has 0 saturated heterocycles. The van der Waals surface area contributed by atoms with Crippen molar-refractivity contribution >= 4 is 23.5 Å². The van der Waals surface area contributed by atoms with Crippen LogP contribution in [0.3, 0.4) is 0 Å². The number of hydrogen-bond acceptors (Lipinski definition) is 9. The minimum atomic E-state index is -4.55. The summed E-state index contributed by atoms with van der Waals surface area (Å²) in [5.74, 6) is -1.09. The van der Waals surface area contributed by atoms with Crippen LogP contribution >= 0.6 is 0 Å². The Labute approximate surface area is 219 Å². The Kier molecular flexibility index (Phi) is 10.4. The second-order valence-corrected chi connectivity index (χ2v) is 9.53. The summed E-state index contributed by atoms with van der Waals surface area (Å²) in [7, 11) is 0. The van der Waals surface area contributed by atoms with Gasteiger partial charge in [0.05, 0.1) is 18.2 Å². The molecule has 2 rings (SSSR count). The number of Topliss-reactive ketones (excluding diaryl/α,β-unsaturated/α-hetero) is 1. The predicted molar refractivity (Wildman–Crippen MR) is 134 cm³/mol. The van der Waals surface area contributed by atoms with Crippen molar-refractivity contribution < 1.29 is 32.2 Å². The number of esters is 1. The number of hydrogen-bond donors (Lipinski definition) is 2. The maximum absolute atomic E-state index is 13.3. The van der Waals surface area contributed by atoms with E-state index in [1.165, 1.54) is 12.1 Å². The first kappa shape index (κ1) is 30.3. The van der Waals surface area contributed by atoms with Gasteiger partial charge in [-0.15, -0.1) is 0 Å². The molecule has 1 aromatic carbocycles. The van der Waals surface area contributed by atoms with Crippen molar-refractivity contribution in [2.24, 2.45) is 0 Å². The van der Waals surface area contributed by atoms with E-state index in [1.54, 1.807) is 27.7 Å². The molecule has 0 amide bonds. The standard InChI is InChI=1S/C26H32F3N5O4/c1-5-37-23-18(15-30)22(33-24(31)34-23)32-19(11-6-7-12-21(36)38-25(2,3)4)20(35)14-16-9-8-10-17(13-16)26(27,28)29/h8-10,13,19H,5-7,11-12,14H2,1-4H3,(H3,31,32,33,34)/t19-/m0/s1. The summed E-state index contributed by atoms with van der Waals surface area (Å²) in [5, 5.41) is 12.6. The van der Waals surface area contributed by atoms with Gasteiger partial charge in [0.25, 0.3) is 0 Å². The molecular formula is C26H32F3N5O4. The number of nitrogens with zero attached hydrogens (tertiary/aromatic N) is 3. The molecule has 0 fully saturated rings. The summed E-state index contributed by atoms with van der Waals surface area (Å²) in [5.41, 5.74) is 4.39. The van der Waals surface area contributed by atoms with Crippen LogP contribution in [0.4, 0.5) is 24.9 Å². The maximum atomic E-state index is 13.3. The molecule has 0 spiro atoms. The van der Waals surface area contributed by atoms with Crippen molar-refractivity contribution in [1.29, 1.82) is 5.26 Å². The van der Waals surface area contributed by atoms with E-state index >= 15 is 0 Å². The van der Waals surface area contributed by atoms with Crippen molar-refractivity contribution in [2.75, 3.05) is 17.7 Å². The number of unbranched alkanes of at least 4 members (excludes halogenated alkanes) is 1. The average Bonchev–Trinajstić information content (AvgIpc) is 2.79. The van der Waals surface area contributed by atoms with Gasteiger partial charge in [0.2, 0.25) is 11.8 Å². The first-order chi connectivity index (χ1) is 17.7. The van der Waals surface area contributed by atoms with Gasteiger partial charge in [-0.25, -0.2) is 0 Å². The van der Waals surface area contributed by atoms with Crippen LogP contribution in [0.2, 0.25) is 0 Å². The third kappa shape index (κ3) is 9.53. The second-order valence-electron chi connectivity index (χ2n) is 9.53. The van der Waals surface area contributed by atoms with Gasteiger partial charge in [-0.1, -0.05) is 24.6 Å². The number of ether oxygens (including phenoxy) is 2. The zero-order valence-electron chi connectivity index (χ0n) is 21.8. The first-order valence-electron chi connectivity index (χ1n) is 12.1. The minimum absolute atomic E-state index is 0.0296. The number of rotatable bonds is 12. The average molecular weight is 536 g/mol. The Morgan fingerprint density at radius 1 is 1.18 bits per heavy atom. The summed E-state index contributed by atoms with van der Waals surface area (Å²) < 4.78 is 50.1. The van der Waals surface area contributed by atoms with Gasteiger partial charge in [-0.2, -0.15) is 28.4 Å². The highest BCUT2D eigenvalue weighted by atomic mass is 19.4. The molecule has 1 heterocycles. The number of benzene rings is 1. The van der Waals surface area contributed by atoms with Crippen LogP contribution in [0.25, 0.3) is 0 Å². The molecule has 0 aliphatic rings. The van der Waals surface area contributed by atoms with Crippen molar-refractivity contribution in [3.8, 4) is 11.9 Å². The highest BCUT2D eigenvalue weighted by molar-refractivity contribution is 5.88. The van der Waals surface area contributed by atoms with Crippen LogP contribution in [0.15, 0.2) is 24.3 Å². The third-order valence-electron chi connectivity index (χ3n) is 5.16. The molecule has 1 atom stereocenters. The highest BCUT2D eigenvalue weighted by Gasteiger charge is 2.31. The molecule has 12 heteroatoms. The molecular weight excluding hydrogens is 503 g/mol. The van der Waals surface area contributed by atoms with Crippen LogP contribution in [0.1, 0.15) is 70.1 Å². The quantitative estimate of drug-likeness (QED) is 0.288. The van der Waals surface area contributed by atoms with Crippen LogP contribution in [-0.2, 0) is 26.9 Å². The van der Waals surface area contributed by atoms with Gasteiger partial charge in [0.15, 0.2) is 17.2 Å². The zero-order chi connectivity index (χ0) is 28.5. The lowest BCUT2D eigenvalue weighted by atomic mass is 9.97. The largest absolute Gasteiger partial charge is 0.477 e. The molecule has 0 unspecified atom stereocenters. The number of carbonyl (C=O) groups is 2. The van der Waals surface area contributed by atoms with Crippen LogP contribution in [0, 0.1) is 11.3 Å². The molecule has 0 aliphatic heterocycles. The lowest BCUT2D eigenvalue weighted by molar-refractivity contribution is -0.155. The molecule has 206 valence electrons. The Bertz CT molecular complexity index is 1170. The van der Waals surface area contributed by atoms with Crippen molar-refractivity contribution in [1.82, 2.24) is 9.97 Å². The van der Waals surface area contributed by atoms with Crippen molar-refractivity contribution in [3.63, 3.8) is 0 Å². The summed E-state index contributed by atoms with van der Waals surface area (Å²) in [6, 6.07) is 5.51. The molecule has 9 nitrogen and oxygen atoms in total. The minimum Gasteiger partial charge on any atom is -0.477 e. The Morgan fingerprint density at radius 2 is 1.89 bits per heavy atom. The van der Waals surface area contributed by atoms with Crippen molar-refractivity contribution in [3.05, 3.63) is 41.0 Å². The fraction of sp³-hybridized carbons (Fsp3) is 0.500. The number of aromatic nitrogens is 2. The number of halogens is 3. The van der Waals surface area contributed by atoms with Gasteiger partial charge < -0.3 is 20.5 Å². The summed E-state index contributed by atoms with van der Waals surface area (Å²) in [4.78, 5) is 33.2.